The number of anilines is 2. The second kappa shape index (κ2) is 8.24. The van der Waals surface area contributed by atoms with Gasteiger partial charge in [0.1, 0.15) is 5.65 Å². The fourth-order valence-electron chi connectivity index (χ4n) is 4.12. The molecule has 0 spiro atoms. The highest BCUT2D eigenvalue weighted by atomic mass is 16.1. The molecule has 1 saturated heterocycles. The predicted molar refractivity (Wildman–Crippen MR) is 125 cm³/mol. The zero-order chi connectivity index (χ0) is 21.2. The maximum Gasteiger partial charge on any atom is 0.221 e. The monoisotopic (exact) mass is 411 g/mol. The van der Waals surface area contributed by atoms with Crippen LogP contribution in [0.3, 0.4) is 0 Å². The van der Waals surface area contributed by atoms with Gasteiger partial charge in [0.2, 0.25) is 5.91 Å². The quantitative estimate of drug-likeness (QED) is 0.532. The number of amides is 1. The number of aromatic nitrogens is 2. The lowest BCUT2D eigenvalue weighted by atomic mass is 10.1. The first kappa shape index (κ1) is 19.3. The number of hydrogen-bond acceptors (Lipinski definition) is 4. The smallest absolute Gasteiger partial charge is 0.221 e. The van der Waals surface area contributed by atoms with Crippen molar-refractivity contribution in [2.45, 2.75) is 6.92 Å². The molecular formula is C25H25N5O. The summed E-state index contributed by atoms with van der Waals surface area (Å²) < 4.78 is 2.07. The van der Waals surface area contributed by atoms with Crippen molar-refractivity contribution in [3.05, 3.63) is 73.1 Å². The molecule has 1 aliphatic heterocycles. The Bertz CT molecular complexity index is 1220. The van der Waals surface area contributed by atoms with Crippen LogP contribution in [0, 0.1) is 0 Å². The lowest BCUT2D eigenvalue weighted by molar-refractivity contribution is -0.114. The number of piperazine rings is 1. The molecular weight excluding hydrogens is 386 g/mol. The molecule has 0 saturated carbocycles. The van der Waals surface area contributed by atoms with Crippen molar-refractivity contribution in [1.82, 2.24) is 14.7 Å². The van der Waals surface area contributed by atoms with Gasteiger partial charge in [-0.05, 0) is 47.5 Å². The summed E-state index contributed by atoms with van der Waals surface area (Å²) >= 11 is 0. The molecule has 0 unspecified atom stereocenters. The molecule has 3 heterocycles. The predicted octanol–water partition coefficient (Wildman–Crippen LogP) is 4.04. The van der Waals surface area contributed by atoms with Crippen LogP contribution in [-0.4, -0.2) is 41.5 Å². The first-order chi connectivity index (χ1) is 15.2. The molecule has 156 valence electrons. The standard InChI is InChI=1S/C25H25N5O/c1-18(31)28-22-4-2-3-21(15-22)24-17-27-25-16-20(9-12-30(24)25)19-5-7-23(8-6-19)29-13-10-26-11-14-29/h2-9,12,15-17,26H,10-11,13-14H2,1H3,(H,28,31). The average Bonchev–Trinajstić information content (AvgIpc) is 3.23. The van der Waals surface area contributed by atoms with Crippen LogP contribution in [0.1, 0.15) is 6.92 Å². The third-order valence-corrected chi connectivity index (χ3v) is 5.67. The molecule has 2 N–H and O–H groups in total. The second-order valence-corrected chi connectivity index (χ2v) is 7.83. The third-order valence-electron chi connectivity index (χ3n) is 5.67. The molecule has 6 heteroatoms. The molecule has 2 aromatic carbocycles. The molecule has 1 amide bonds. The van der Waals surface area contributed by atoms with Crippen LogP contribution in [0.2, 0.25) is 0 Å². The van der Waals surface area contributed by atoms with Crippen LogP contribution in [-0.2, 0) is 4.79 Å². The number of benzene rings is 2. The van der Waals surface area contributed by atoms with Gasteiger partial charge in [-0.1, -0.05) is 24.3 Å². The Morgan fingerprint density at radius 3 is 2.55 bits per heavy atom. The van der Waals surface area contributed by atoms with E-state index in [2.05, 4.69) is 67.5 Å². The van der Waals surface area contributed by atoms with Gasteiger partial charge in [-0.15, -0.1) is 0 Å². The van der Waals surface area contributed by atoms with Gasteiger partial charge >= 0.3 is 0 Å². The number of nitrogens with one attached hydrogen (secondary N) is 2. The lowest BCUT2D eigenvalue weighted by Crippen LogP contribution is -2.43. The summed E-state index contributed by atoms with van der Waals surface area (Å²) in [6.07, 6.45) is 3.93. The first-order valence-corrected chi connectivity index (χ1v) is 10.6. The summed E-state index contributed by atoms with van der Waals surface area (Å²) in [5.74, 6) is -0.0806. The molecule has 0 bridgehead atoms. The maximum absolute atomic E-state index is 11.4. The van der Waals surface area contributed by atoms with Gasteiger partial charge in [-0.2, -0.15) is 0 Å². The summed E-state index contributed by atoms with van der Waals surface area (Å²) in [6.45, 7) is 5.68. The minimum Gasteiger partial charge on any atom is -0.369 e. The summed E-state index contributed by atoms with van der Waals surface area (Å²) in [5, 5.41) is 6.23. The Kier molecular flexibility index (Phi) is 5.14. The minimum atomic E-state index is -0.0806. The molecule has 0 atom stereocenters. The largest absolute Gasteiger partial charge is 0.369 e. The van der Waals surface area contributed by atoms with Crippen molar-refractivity contribution in [3.63, 3.8) is 0 Å². The van der Waals surface area contributed by atoms with Crippen molar-refractivity contribution in [2.24, 2.45) is 0 Å². The fourth-order valence-corrected chi connectivity index (χ4v) is 4.12. The van der Waals surface area contributed by atoms with Gasteiger partial charge < -0.3 is 15.5 Å². The Morgan fingerprint density at radius 1 is 0.968 bits per heavy atom. The molecule has 2 aromatic heterocycles. The fraction of sp³-hybridized carbons (Fsp3) is 0.200. The zero-order valence-corrected chi connectivity index (χ0v) is 17.5. The molecule has 31 heavy (non-hydrogen) atoms. The Labute approximate surface area is 181 Å². The molecule has 6 nitrogen and oxygen atoms in total. The summed E-state index contributed by atoms with van der Waals surface area (Å²) in [5.41, 5.74) is 7.26. The van der Waals surface area contributed by atoms with Gasteiger partial charge in [-0.25, -0.2) is 4.98 Å². The van der Waals surface area contributed by atoms with Crippen molar-refractivity contribution in [1.29, 1.82) is 0 Å². The van der Waals surface area contributed by atoms with E-state index in [1.807, 2.05) is 30.5 Å². The molecule has 0 radical (unpaired) electrons. The molecule has 1 fully saturated rings. The highest BCUT2D eigenvalue weighted by Gasteiger charge is 2.11. The highest BCUT2D eigenvalue weighted by molar-refractivity contribution is 5.89. The van der Waals surface area contributed by atoms with Crippen molar-refractivity contribution in [3.8, 4) is 22.4 Å². The summed E-state index contributed by atoms with van der Waals surface area (Å²) in [6, 6.07) is 20.8. The molecule has 1 aliphatic rings. The van der Waals surface area contributed by atoms with Crippen LogP contribution in [0.15, 0.2) is 73.1 Å². The van der Waals surface area contributed by atoms with E-state index in [9.17, 15) is 4.79 Å². The van der Waals surface area contributed by atoms with Crippen LogP contribution < -0.4 is 15.5 Å². The highest BCUT2D eigenvalue weighted by Crippen LogP contribution is 2.28. The summed E-state index contributed by atoms with van der Waals surface area (Å²) in [7, 11) is 0. The Balaban J connectivity index is 1.42. The SMILES string of the molecule is CC(=O)Nc1cccc(-c2cnc3cc(-c4ccc(N5CCNCC5)cc4)ccn23)c1. The number of rotatable bonds is 4. The number of pyridine rings is 1. The molecule has 4 aromatic rings. The number of imidazole rings is 1. The van der Waals surface area contributed by atoms with Gasteiger partial charge in [0.15, 0.2) is 0 Å². The number of nitrogens with zero attached hydrogens (tertiary/aromatic N) is 3. The third kappa shape index (κ3) is 4.02. The van der Waals surface area contributed by atoms with E-state index >= 15 is 0 Å². The zero-order valence-electron chi connectivity index (χ0n) is 17.5. The van der Waals surface area contributed by atoms with E-state index in [0.29, 0.717) is 0 Å². The Hall–Kier alpha value is -3.64. The number of carbonyl (C=O) groups excluding carboxylic acids is 1. The first-order valence-electron chi connectivity index (χ1n) is 10.6. The van der Waals surface area contributed by atoms with E-state index in [1.54, 1.807) is 0 Å². The van der Waals surface area contributed by atoms with E-state index in [-0.39, 0.29) is 5.91 Å². The maximum atomic E-state index is 11.4. The number of hydrogen-bond donors (Lipinski definition) is 2. The van der Waals surface area contributed by atoms with Gasteiger partial charge in [0.25, 0.3) is 0 Å². The van der Waals surface area contributed by atoms with Gasteiger partial charge in [0, 0.05) is 56.2 Å². The van der Waals surface area contributed by atoms with E-state index in [1.165, 1.54) is 18.2 Å². The number of carbonyl (C=O) groups is 1. The van der Waals surface area contributed by atoms with Crippen LogP contribution in [0.4, 0.5) is 11.4 Å². The normalized spacial score (nSPS) is 14.0. The molecule has 5 rings (SSSR count). The van der Waals surface area contributed by atoms with Crippen LogP contribution in [0.5, 0.6) is 0 Å². The van der Waals surface area contributed by atoms with Crippen LogP contribution in [0.25, 0.3) is 28.0 Å². The minimum absolute atomic E-state index is 0.0806. The topological polar surface area (TPSA) is 61.7 Å². The lowest BCUT2D eigenvalue weighted by Gasteiger charge is -2.29. The van der Waals surface area contributed by atoms with Crippen molar-refractivity contribution < 1.29 is 4.79 Å². The second-order valence-electron chi connectivity index (χ2n) is 7.83. The van der Waals surface area contributed by atoms with Gasteiger partial charge in [-0.3, -0.25) is 9.20 Å². The van der Waals surface area contributed by atoms with E-state index < -0.39 is 0 Å². The van der Waals surface area contributed by atoms with Crippen molar-refractivity contribution >= 4 is 22.9 Å². The van der Waals surface area contributed by atoms with Crippen LogP contribution >= 0.6 is 0 Å². The van der Waals surface area contributed by atoms with E-state index in [0.717, 1.165) is 54.3 Å². The average molecular weight is 412 g/mol. The summed E-state index contributed by atoms with van der Waals surface area (Å²) in [4.78, 5) is 18.4. The molecule has 0 aliphatic carbocycles. The van der Waals surface area contributed by atoms with Crippen molar-refractivity contribution in [2.75, 3.05) is 36.4 Å². The van der Waals surface area contributed by atoms with E-state index in [4.69, 9.17) is 0 Å². The van der Waals surface area contributed by atoms with Gasteiger partial charge in [0.05, 0.1) is 11.9 Å². The number of fused-ring (bicyclic) bond motifs is 1. The Morgan fingerprint density at radius 2 is 1.77 bits per heavy atom.